The number of hydrogen-bond donors (Lipinski definition) is 1. The van der Waals surface area contributed by atoms with Crippen LogP contribution in [-0.4, -0.2) is 74.9 Å². The lowest BCUT2D eigenvalue weighted by atomic mass is 10.0. The normalized spacial score (nSPS) is 13.8. The van der Waals surface area contributed by atoms with E-state index in [0.717, 1.165) is 12.8 Å². The van der Waals surface area contributed by atoms with Gasteiger partial charge in [-0.25, -0.2) is 4.57 Å². The predicted molar refractivity (Wildman–Crippen MR) is 183 cm³/mol. The molecule has 0 radical (unpaired) electrons. The van der Waals surface area contributed by atoms with Gasteiger partial charge in [-0.05, 0) is 6.42 Å². The van der Waals surface area contributed by atoms with Gasteiger partial charge in [0.15, 0.2) is 6.10 Å². The van der Waals surface area contributed by atoms with Crippen LogP contribution in [0.15, 0.2) is 0 Å². The molecule has 0 rings (SSSR count). The SMILES string of the molecule is CCCCCCCCCCCCCCCCCCCCCCCCC(=O)OC(COC(C)=O)COP(=O)(O)OCC[N+](C)(C)C. The standard InChI is InChI=1S/C35H70NO8P/c1-6-7-8-9-10-11-12-13-14-15-16-17-18-19-20-21-22-23-24-25-26-27-28-35(38)44-34(31-41-33(2)37)32-43-45(39,40)42-30-29-36(3,4)5/h34H,6-32H2,1-5H3/p+1. The van der Waals surface area contributed by atoms with Crippen LogP contribution >= 0.6 is 7.82 Å². The topological polar surface area (TPSA) is 108 Å². The highest BCUT2D eigenvalue weighted by Gasteiger charge is 2.26. The molecule has 1 N–H and O–H groups in total. The average molecular weight is 665 g/mol. The van der Waals surface area contributed by atoms with Crippen molar-refractivity contribution in [2.24, 2.45) is 0 Å². The van der Waals surface area contributed by atoms with Crippen LogP contribution in [0.25, 0.3) is 0 Å². The first-order chi connectivity index (χ1) is 21.4. The van der Waals surface area contributed by atoms with Crippen molar-refractivity contribution in [1.29, 1.82) is 0 Å². The monoisotopic (exact) mass is 664 g/mol. The van der Waals surface area contributed by atoms with Crippen molar-refractivity contribution in [1.82, 2.24) is 0 Å². The fourth-order valence-electron chi connectivity index (χ4n) is 5.09. The fourth-order valence-corrected chi connectivity index (χ4v) is 5.84. The van der Waals surface area contributed by atoms with Crippen molar-refractivity contribution >= 4 is 19.8 Å². The molecule has 0 aliphatic carbocycles. The zero-order chi connectivity index (χ0) is 33.7. The van der Waals surface area contributed by atoms with Crippen LogP contribution in [0.4, 0.5) is 0 Å². The average Bonchev–Trinajstić information content (AvgIpc) is 2.96. The Hall–Kier alpha value is -0.990. The molecule has 2 atom stereocenters. The zero-order valence-corrected chi connectivity index (χ0v) is 30.8. The van der Waals surface area contributed by atoms with E-state index >= 15 is 0 Å². The first-order valence-electron chi connectivity index (χ1n) is 18.2. The summed E-state index contributed by atoms with van der Waals surface area (Å²) in [6.07, 6.45) is 28.1. The second-order valence-electron chi connectivity index (χ2n) is 13.7. The van der Waals surface area contributed by atoms with Crippen LogP contribution in [0.1, 0.15) is 162 Å². The maximum Gasteiger partial charge on any atom is 0.472 e. The lowest BCUT2D eigenvalue weighted by Gasteiger charge is -2.24. The van der Waals surface area contributed by atoms with Crippen LogP contribution in [0, 0.1) is 0 Å². The Morgan fingerprint density at radius 2 is 1.04 bits per heavy atom. The number of esters is 2. The van der Waals surface area contributed by atoms with Crippen molar-refractivity contribution in [3.63, 3.8) is 0 Å². The summed E-state index contributed by atoms with van der Waals surface area (Å²) >= 11 is 0. The van der Waals surface area contributed by atoms with Gasteiger partial charge in [0.2, 0.25) is 0 Å². The first kappa shape index (κ1) is 44.0. The minimum absolute atomic E-state index is 0.0329. The van der Waals surface area contributed by atoms with Crippen molar-refractivity contribution in [2.45, 2.75) is 168 Å². The molecule has 0 spiro atoms. The lowest BCUT2D eigenvalue weighted by Crippen LogP contribution is -2.37. The van der Waals surface area contributed by atoms with Crippen molar-refractivity contribution in [2.75, 3.05) is 47.5 Å². The number of ether oxygens (including phenoxy) is 2. The van der Waals surface area contributed by atoms with E-state index in [2.05, 4.69) is 6.92 Å². The largest absolute Gasteiger partial charge is 0.472 e. The molecule has 0 aliphatic heterocycles. The van der Waals surface area contributed by atoms with Crippen molar-refractivity contribution in [3.05, 3.63) is 0 Å². The number of unbranched alkanes of at least 4 members (excludes halogenated alkanes) is 21. The predicted octanol–water partition coefficient (Wildman–Crippen LogP) is 9.29. The van der Waals surface area contributed by atoms with Gasteiger partial charge < -0.3 is 18.9 Å². The van der Waals surface area contributed by atoms with Crippen molar-refractivity contribution < 1.29 is 42.1 Å². The van der Waals surface area contributed by atoms with E-state index in [0.29, 0.717) is 17.4 Å². The first-order valence-corrected chi connectivity index (χ1v) is 19.7. The smallest absolute Gasteiger partial charge is 0.462 e. The van der Waals surface area contributed by atoms with Gasteiger partial charge in [0.25, 0.3) is 0 Å². The van der Waals surface area contributed by atoms with E-state index in [4.69, 9.17) is 18.5 Å². The molecular weight excluding hydrogens is 593 g/mol. The summed E-state index contributed by atoms with van der Waals surface area (Å²) in [7, 11) is 1.48. The molecule has 0 heterocycles. The Morgan fingerprint density at radius 1 is 0.644 bits per heavy atom. The van der Waals surface area contributed by atoms with E-state index in [1.54, 1.807) is 0 Å². The molecule has 0 bridgehead atoms. The number of carbonyl (C=O) groups excluding carboxylic acids is 2. The molecule has 0 fully saturated rings. The van der Waals surface area contributed by atoms with Crippen LogP contribution in [-0.2, 0) is 32.7 Å². The highest BCUT2D eigenvalue weighted by atomic mass is 31.2. The molecule has 0 saturated heterocycles. The van der Waals surface area contributed by atoms with Gasteiger partial charge in [0.05, 0.1) is 27.7 Å². The summed E-state index contributed by atoms with van der Waals surface area (Å²) in [6.45, 7) is 3.41. The molecule has 0 saturated carbocycles. The van der Waals surface area contributed by atoms with Crippen LogP contribution in [0.3, 0.4) is 0 Å². The van der Waals surface area contributed by atoms with Crippen LogP contribution in [0.2, 0.25) is 0 Å². The van der Waals surface area contributed by atoms with E-state index in [1.165, 1.54) is 129 Å². The number of carbonyl (C=O) groups is 2. The van der Waals surface area contributed by atoms with Gasteiger partial charge in [-0.1, -0.05) is 142 Å². The number of nitrogens with zero attached hydrogens (tertiary/aromatic N) is 1. The summed E-state index contributed by atoms with van der Waals surface area (Å²) in [5.74, 6) is -0.982. The molecular formula is C35H71NO8P+. The van der Waals surface area contributed by atoms with E-state index in [1.807, 2.05) is 21.1 Å². The molecule has 268 valence electrons. The Balaban J connectivity index is 3.75. The van der Waals surface area contributed by atoms with Gasteiger partial charge in [0, 0.05) is 13.3 Å². The Morgan fingerprint density at radius 3 is 1.42 bits per heavy atom. The summed E-state index contributed by atoms with van der Waals surface area (Å²) in [5.41, 5.74) is 0. The number of hydrogen-bond acceptors (Lipinski definition) is 7. The second kappa shape index (κ2) is 29.2. The maximum atomic E-state index is 12.3. The zero-order valence-electron chi connectivity index (χ0n) is 29.9. The molecule has 9 nitrogen and oxygen atoms in total. The second-order valence-corrected chi connectivity index (χ2v) is 15.2. The van der Waals surface area contributed by atoms with Gasteiger partial charge in [-0.2, -0.15) is 0 Å². The van der Waals surface area contributed by atoms with Crippen molar-refractivity contribution in [3.8, 4) is 0 Å². The lowest BCUT2D eigenvalue weighted by molar-refractivity contribution is -0.870. The molecule has 45 heavy (non-hydrogen) atoms. The van der Waals surface area contributed by atoms with Crippen LogP contribution < -0.4 is 0 Å². The fraction of sp³-hybridized carbons (Fsp3) is 0.943. The number of quaternary nitrogens is 1. The number of rotatable bonds is 33. The third-order valence-electron chi connectivity index (χ3n) is 7.95. The highest BCUT2D eigenvalue weighted by Crippen LogP contribution is 2.43. The van der Waals surface area contributed by atoms with Gasteiger partial charge >= 0.3 is 19.8 Å². The molecule has 0 aliphatic rings. The number of likely N-dealkylation sites (N-methyl/N-ethyl adjacent to an activating group) is 1. The van der Waals surface area contributed by atoms with Gasteiger partial charge in [-0.15, -0.1) is 0 Å². The Kier molecular flexibility index (Phi) is 28.5. The summed E-state index contributed by atoms with van der Waals surface area (Å²) in [5, 5.41) is 0. The van der Waals surface area contributed by atoms with Crippen LogP contribution in [0.5, 0.6) is 0 Å². The molecule has 0 amide bonds. The van der Waals surface area contributed by atoms with Gasteiger partial charge in [-0.3, -0.25) is 18.6 Å². The van der Waals surface area contributed by atoms with E-state index < -0.39 is 32.5 Å². The Labute approximate surface area is 276 Å². The minimum atomic E-state index is -4.33. The quantitative estimate of drug-likeness (QED) is 0.0320. The minimum Gasteiger partial charge on any atom is -0.462 e. The number of phosphoric acid groups is 1. The van der Waals surface area contributed by atoms with Gasteiger partial charge in [0.1, 0.15) is 19.8 Å². The molecule has 10 heteroatoms. The summed E-state index contributed by atoms with van der Waals surface area (Å²) < 4.78 is 33.0. The third-order valence-corrected chi connectivity index (χ3v) is 8.93. The maximum absolute atomic E-state index is 12.3. The van der Waals surface area contributed by atoms with E-state index in [9.17, 15) is 19.0 Å². The summed E-state index contributed by atoms with van der Waals surface area (Å²) in [6, 6.07) is 0. The third kappa shape index (κ3) is 34.2. The molecule has 0 aromatic rings. The number of phosphoric ester groups is 1. The molecule has 0 aromatic heterocycles. The molecule has 0 aromatic carbocycles. The Bertz CT molecular complexity index is 758. The molecule has 2 unspecified atom stereocenters. The summed E-state index contributed by atoms with van der Waals surface area (Å²) in [4.78, 5) is 33.5. The highest BCUT2D eigenvalue weighted by molar-refractivity contribution is 7.47. The van der Waals surface area contributed by atoms with E-state index in [-0.39, 0.29) is 19.6 Å².